The molecule has 0 aromatic carbocycles. The Labute approximate surface area is 174 Å². The van der Waals surface area contributed by atoms with Crippen LogP contribution < -0.4 is 21.7 Å². The maximum Gasteiger partial charge on any atom is 0.325 e. The Morgan fingerprint density at radius 2 is 1.41 bits per heavy atom. The number of carbonyl (C=O) groups is 5. The van der Waals surface area contributed by atoms with Gasteiger partial charge in [-0.05, 0) is 25.7 Å². The van der Waals surface area contributed by atoms with Crippen LogP contribution in [0.3, 0.4) is 0 Å². The Bertz CT molecular complexity index is 615. The van der Waals surface area contributed by atoms with E-state index in [0.29, 0.717) is 0 Å². The number of hydrogen-bond donors (Lipinski definition) is 7. The highest BCUT2D eigenvalue weighted by Gasteiger charge is 2.29. The second-order valence-electron chi connectivity index (χ2n) is 7.04. The number of rotatable bonds is 13. The Morgan fingerprint density at radius 3 is 1.86 bits per heavy atom. The zero-order chi connectivity index (χ0) is 22.7. The van der Waals surface area contributed by atoms with Crippen molar-refractivity contribution in [1.29, 1.82) is 0 Å². The van der Waals surface area contributed by atoms with Crippen LogP contribution in [-0.4, -0.2) is 69.8 Å². The van der Waals surface area contributed by atoms with E-state index in [-0.39, 0.29) is 24.5 Å². The summed E-state index contributed by atoms with van der Waals surface area (Å²) in [5.41, 5.74) is 5.60. The zero-order valence-corrected chi connectivity index (χ0v) is 17.6. The molecule has 0 saturated carbocycles. The smallest absolute Gasteiger partial charge is 0.325 e. The molecule has 11 nitrogen and oxygen atoms in total. The van der Waals surface area contributed by atoms with Gasteiger partial charge >= 0.3 is 11.9 Å². The van der Waals surface area contributed by atoms with Gasteiger partial charge in [0, 0.05) is 12.2 Å². The van der Waals surface area contributed by atoms with Crippen molar-refractivity contribution in [1.82, 2.24) is 16.0 Å². The van der Waals surface area contributed by atoms with E-state index >= 15 is 0 Å². The third-order valence-electron chi connectivity index (χ3n) is 3.88. The molecule has 0 radical (unpaired) electrons. The number of nitrogens with one attached hydrogen (secondary N) is 3. The van der Waals surface area contributed by atoms with Crippen LogP contribution in [0.2, 0.25) is 0 Å². The molecule has 0 fully saturated rings. The molecule has 0 aliphatic carbocycles. The number of amides is 3. The summed E-state index contributed by atoms with van der Waals surface area (Å²) in [5.74, 6) is -4.52. The van der Waals surface area contributed by atoms with Gasteiger partial charge in [0.2, 0.25) is 17.7 Å². The minimum atomic E-state index is -1.29. The summed E-state index contributed by atoms with van der Waals surface area (Å²) in [4.78, 5) is 58.8. The molecule has 29 heavy (non-hydrogen) atoms. The van der Waals surface area contributed by atoms with Gasteiger partial charge in [-0.2, -0.15) is 12.6 Å². The quantitative estimate of drug-likeness (QED) is 0.174. The first-order valence-corrected chi connectivity index (χ1v) is 9.74. The fraction of sp³-hybridized carbons (Fsp3) is 0.706. The van der Waals surface area contributed by atoms with Crippen molar-refractivity contribution >= 4 is 42.3 Å². The van der Waals surface area contributed by atoms with Crippen LogP contribution in [0, 0.1) is 5.92 Å². The Hall–Kier alpha value is -2.34. The molecule has 4 unspecified atom stereocenters. The standard InChI is InChI=1S/C17H30N4O7S/c1-8(2)6-12(21-14(24)10(18)7-29)16(26)20-11(4-5-13(22)23)15(25)19-9(3)17(27)28/h8-12,29H,4-7,18H2,1-3H3,(H,19,25)(H,20,26)(H,21,24)(H,22,23)(H,27,28). The minimum absolute atomic E-state index is 0.0107. The summed E-state index contributed by atoms with van der Waals surface area (Å²) in [5, 5.41) is 24.9. The lowest BCUT2D eigenvalue weighted by atomic mass is 10.0. The maximum atomic E-state index is 12.7. The van der Waals surface area contributed by atoms with E-state index in [4.69, 9.17) is 15.9 Å². The SMILES string of the molecule is CC(C)CC(NC(=O)C(N)CS)C(=O)NC(CCC(=O)O)C(=O)NC(C)C(=O)O. The topological polar surface area (TPSA) is 188 Å². The van der Waals surface area contributed by atoms with E-state index < -0.39 is 60.2 Å². The molecule has 166 valence electrons. The Kier molecular flexibility index (Phi) is 11.9. The lowest BCUT2D eigenvalue weighted by Gasteiger charge is -2.25. The highest BCUT2D eigenvalue weighted by atomic mass is 32.1. The third kappa shape index (κ3) is 10.7. The number of nitrogens with two attached hydrogens (primary N) is 1. The van der Waals surface area contributed by atoms with Gasteiger partial charge in [-0.15, -0.1) is 0 Å². The highest BCUT2D eigenvalue weighted by Crippen LogP contribution is 2.07. The summed E-state index contributed by atoms with van der Waals surface area (Å²) in [6.45, 7) is 4.89. The van der Waals surface area contributed by atoms with E-state index in [9.17, 15) is 24.0 Å². The van der Waals surface area contributed by atoms with E-state index in [1.54, 1.807) is 0 Å². The maximum absolute atomic E-state index is 12.7. The Morgan fingerprint density at radius 1 is 0.897 bits per heavy atom. The Balaban J connectivity index is 5.35. The van der Waals surface area contributed by atoms with Crippen LogP contribution >= 0.6 is 12.6 Å². The van der Waals surface area contributed by atoms with Crippen molar-refractivity contribution in [3.8, 4) is 0 Å². The van der Waals surface area contributed by atoms with E-state index in [2.05, 4.69) is 28.6 Å². The molecule has 3 amide bonds. The molecule has 12 heteroatoms. The molecule has 0 aromatic rings. The van der Waals surface area contributed by atoms with Crippen LogP contribution in [0.4, 0.5) is 0 Å². The summed E-state index contributed by atoms with van der Waals surface area (Å²) >= 11 is 3.93. The molecule has 7 N–H and O–H groups in total. The summed E-state index contributed by atoms with van der Waals surface area (Å²) < 4.78 is 0. The third-order valence-corrected chi connectivity index (χ3v) is 4.28. The van der Waals surface area contributed by atoms with Crippen LogP contribution in [0.1, 0.15) is 40.0 Å². The number of aliphatic carboxylic acids is 2. The van der Waals surface area contributed by atoms with E-state index in [0.717, 1.165) is 0 Å². The molecule has 0 aromatic heterocycles. The lowest BCUT2D eigenvalue weighted by Crippen LogP contribution is -2.57. The van der Waals surface area contributed by atoms with E-state index in [1.807, 2.05) is 13.8 Å². The van der Waals surface area contributed by atoms with Crippen molar-refractivity contribution in [2.24, 2.45) is 11.7 Å². The van der Waals surface area contributed by atoms with Gasteiger partial charge in [-0.25, -0.2) is 0 Å². The molecular formula is C17H30N4O7S. The predicted octanol–water partition coefficient (Wildman–Crippen LogP) is -1.29. The molecule has 0 aliphatic rings. The summed E-state index contributed by atoms with van der Waals surface area (Å²) in [6.07, 6.45) is -0.432. The van der Waals surface area contributed by atoms with Crippen molar-refractivity contribution in [2.75, 3.05) is 5.75 Å². The van der Waals surface area contributed by atoms with Crippen LogP contribution in [0.5, 0.6) is 0 Å². The highest BCUT2D eigenvalue weighted by molar-refractivity contribution is 7.80. The fourth-order valence-electron chi connectivity index (χ4n) is 2.25. The van der Waals surface area contributed by atoms with Crippen molar-refractivity contribution < 1.29 is 34.2 Å². The average molecular weight is 435 g/mol. The van der Waals surface area contributed by atoms with E-state index in [1.165, 1.54) is 6.92 Å². The average Bonchev–Trinajstić information content (AvgIpc) is 2.62. The van der Waals surface area contributed by atoms with Gasteiger partial charge in [0.1, 0.15) is 18.1 Å². The fourth-order valence-corrected chi connectivity index (χ4v) is 2.42. The summed E-state index contributed by atoms with van der Waals surface area (Å²) in [7, 11) is 0. The largest absolute Gasteiger partial charge is 0.481 e. The number of carbonyl (C=O) groups excluding carboxylic acids is 3. The van der Waals surface area contributed by atoms with Crippen molar-refractivity contribution in [3.63, 3.8) is 0 Å². The first kappa shape index (κ1) is 26.7. The van der Waals surface area contributed by atoms with Crippen LogP contribution in [-0.2, 0) is 24.0 Å². The number of thiol groups is 1. The molecule has 4 atom stereocenters. The van der Waals surface area contributed by atoms with Gasteiger partial charge < -0.3 is 31.9 Å². The number of carboxylic acid groups (broad SMARTS) is 2. The predicted molar refractivity (Wildman–Crippen MR) is 107 cm³/mol. The molecule has 0 heterocycles. The molecule has 0 saturated heterocycles. The molecular weight excluding hydrogens is 404 g/mol. The minimum Gasteiger partial charge on any atom is -0.481 e. The molecule has 0 bridgehead atoms. The normalized spacial score (nSPS) is 15.0. The first-order chi connectivity index (χ1) is 13.4. The van der Waals surface area contributed by atoms with Crippen LogP contribution in [0.15, 0.2) is 0 Å². The van der Waals surface area contributed by atoms with Gasteiger partial charge in [0.15, 0.2) is 0 Å². The molecule has 0 spiro atoms. The van der Waals surface area contributed by atoms with Gasteiger partial charge in [0.05, 0.1) is 6.04 Å². The number of carboxylic acids is 2. The second-order valence-corrected chi connectivity index (χ2v) is 7.41. The van der Waals surface area contributed by atoms with Crippen molar-refractivity contribution in [3.05, 3.63) is 0 Å². The first-order valence-electron chi connectivity index (χ1n) is 9.11. The molecule has 0 rings (SSSR count). The van der Waals surface area contributed by atoms with Gasteiger partial charge in [-0.3, -0.25) is 24.0 Å². The van der Waals surface area contributed by atoms with Crippen LogP contribution in [0.25, 0.3) is 0 Å². The zero-order valence-electron chi connectivity index (χ0n) is 16.7. The second kappa shape index (κ2) is 13.0. The van der Waals surface area contributed by atoms with Gasteiger partial charge in [-0.1, -0.05) is 13.8 Å². The summed E-state index contributed by atoms with van der Waals surface area (Å²) in [6, 6.07) is -4.45. The van der Waals surface area contributed by atoms with Gasteiger partial charge in [0.25, 0.3) is 0 Å². The van der Waals surface area contributed by atoms with Crippen molar-refractivity contribution in [2.45, 2.75) is 64.2 Å². The monoisotopic (exact) mass is 434 g/mol. The number of hydrogen-bond acceptors (Lipinski definition) is 7. The molecule has 0 aliphatic heterocycles. The lowest BCUT2D eigenvalue weighted by molar-refractivity contribution is -0.142.